The zero-order valence-corrected chi connectivity index (χ0v) is 11.1. The number of anilines is 2. The number of carboxylic acids is 1. The summed E-state index contributed by atoms with van der Waals surface area (Å²) in [5.74, 6) is -2.38. The van der Waals surface area contributed by atoms with Gasteiger partial charge >= 0.3 is 12.0 Å². The van der Waals surface area contributed by atoms with Crippen LogP contribution in [0.3, 0.4) is 0 Å². The smallest absolute Gasteiger partial charge is 0.340 e. The molecule has 0 fully saturated rings. The van der Waals surface area contributed by atoms with Crippen LogP contribution in [0, 0.1) is 12.7 Å². The summed E-state index contributed by atoms with van der Waals surface area (Å²) in [6.07, 6.45) is 3.03. The zero-order chi connectivity index (χ0) is 15.4. The third-order valence-corrected chi connectivity index (χ3v) is 2.76. The predicted molar refractivity (Wildman–Crippen MR) is 75.0 cm³/mol. The molecular formula is C14H12FN3O3. The van der Waals surface area contributed by atoms with Gasteiger partial charge in [-0.15, -0.1) is 0 Å². The van der Waals surface area contributed by atoms with Crippen LogP contribution < -0.4 is 10.6 Å². The second-order valence-electron chi connectivity index (χ2n) is 4.24. The molecule has 0 aliphatic rings. The first-order valence-electron chi connectivity index (χ1n) is 5.99. The number of halogens is 1. The lowest BCUT2D eigenvalue weighted by atomic mass is 10.1. The van der Waals surface area contributed by atoms with Crippen molar-refractivity contribution >= 4 is 23.4 Å². The largest absolute Gasteiger partial charge is 0.478 e. The van der Waals surface area contributed by atoms with Gasteiger partial charge in [0, 0.05) is 6.20 Å². The van der Waals surface area contributed by atoms with E-state index < -0.39 is 23.4 Å². The Balaban J connectivity index is 2.19. The number of nitrogens with one attached hydrogen (secondary N) is 2. The Kier molecular flexibility index (Phi) is 4.13. The maximum absolute atomic E-state index is 13.5. The molecular weight excluding hydrogens is 277 g/mol. The van der Waals surface area contributed by atoms with Crippen molar-refractivity contribution in [2.45, 2.75) is 6.92 Å². The topological polar surface area (TPSA) is 91.3 Å². The Morgan fingerprint density at radius 1 is 1.19 bits per heavy atom. The average molecular weight is 289 g/mol. The highest BCUT2D eigenvalue weighted by atomic mass is 19.1. The van der Waals surface area contributed by atoms with E-state index >= 15 is 0 Å². The second-order valence-corrected chi connectivity index (χ2v) is 4.24. The van der Waals surface area contributed by atoms with Crippen LogP contribution in [-0.4, -0.2) is 22.1 Å². The molecule has 0 saturated carbocycles. The van der Waals surface area contributed by atoms with Crippen LogP contribution in [0.15, 0.2) is 36.7 Å². The minimum atomic E-state index is -1.46. The van der Waals surface area contributed by atoms with Crippen molar-refractivity contribution in [3.05, 3.63) is 53.6 Å². The van der Waals surface area contributed by atoms with Crippen molar-refractivity contribution in [1.29, 1.82) is 0 Å². The van der Waals surface area contributed by atoms with Gasteiger partial charge in [-0.2, -0.15) is 0 Å². The van der Waals surface area contributed by atoms with Gasteiger partial charge in [0.1, 0.15) is 11.4 Å². The highest BCUT2D eigenvalue weighted by molar-refractivity contribution is 6.04. The molecule has 2 amide bonds. The molecule has 0 unspecified atom stereocenters. The van der Waals surface area contributed by atoms with Crippen LogP contribution in [0.2, 0.25) is 0 Å². The summed E-state index contributed by atoms with van der Waals surface area (Å²) >= 11 is 0. The molecule has 21 heavy (non-hydrogen) atoms. The summed E-state index contributed by atoms with van der Waals surface area (Å²) in [5.41, 5.74) is 0.554. The predicted octanol–water partition coefficient (Wildman–Crippen LogP) is 2.87. The van der Waals surface area contributed by atoms with Crippen LogP contribution in [0.5, 0.6) is 0 Å². The zero-order valence-electron chi connectivity index (χ0n) is 11.1. The Hall–Kier alpha value is -2.96. The molecule has 1 aromatic carbocycles. The second kappa shape index (κ2) is 6.00. The van der Waals surface area contributed by atoms with E-state index in [2.05, 4.69) is 15.6 Å². The van der Waals surface area contributed by atoms with E-state index in [0.29, 0.717) is 5.69 Å². The normalized spacial score (nSPS) is 10.0. The van der Waals surface area contributed by atoms with Crippen LogP contribution in [0.25, 0.3) is 0 Å². The molecule has 0 atom stereocenters. The van der Waals surface area contributed by atoms with Crippen LogP contribution in [0.1, 0.15) is 15.9 Å². The number of urea groups is 1. The fourth-order valence-electron chi connectivity index (χ4n) is 1.72. The van der Waals surface area contributed by atoms with Crippen molar-refractivity contribution in [1.82, 2.24) is 4.98 Å². The molecule has 3 N–H and O–H groups in total. The molecule has 7 heteroatoms. The number of benzene rings is 1. The van der Waals surface area contributed by atoms with Crippen molar-refractivity contribution in [3.8, 4) is 0 Å². The summed E-state index contributed by atoms with van der Waals surface area (Å²) in [4.78, 5) is 26.7. The number of carboxylic acid groups (broad SMARTS) is 1. The third-order valence-electron chi connectivity index (χ3n) is 2.76. The number of pyridine rings is 1. The Morgan fingerprint density at radius 2 is 1.90 bits per heavy atom. The fourth-order valence-corrected chi connectivity index (χ4v) is 1.72. The van der Waals surface area contributed by atoms with Crippen LogP contribution in [0.4, 0.5) is 20.6 Å². The lowest BCUT2D eigenvalue weighted by Gasteiger charge is -2.11. The van der Waals surface area contributed by atoms with E-state index in [0.717, 1.165) is 11.6 Å². The number of aromatic carboxylic acids is 1. The summed E-state index contributed by atoms with van der Waals surface area (Å²) in [7, 11) is 0. The van der Waals surface area contributed by atoms with Gasteiger partial charge in [-0.25, -0.2) is 14.0 Å². The molecule has 0 saturated heterocycles. The summed E-state index contributed by atoms with van der Waals surface area (Å²) < 4.78 is 13.5. The molecule has 1 aromatic heterocycles. The van der Waals surface area contributed by atoms with Gasteiger partial charge in [-0.3, -0.25) is 4.98 Å². The van der Waals surface area contributed by atoms with E-state index in [-0.39, 0.29) is 5.69 Å². The molecule has 0 aliphatic heterocycles. The third kappa shape index (κ3) is 3.33. The van der Waals surface area contributed by atoms with Gasteiger partial charge in [0.25, 0.3) is 0 Å². The minimum absolute atomic E-state index is 0.124. The quantitative estimate of drug-likeness (QED) is 0.810. The number of amides is 2. The Bertz CT molecular complexity index is 704. The van der Waals surface area contributed by atoms with E-state index in [9.17, 15) is 14.0 Å². The number of hydrogen-bond donors (Lipinski definition) is 3. The lowest BCUT2D eigenvalue weighted by molar-refractivity contribution is 0.0693. The Morgan fingerprint density at radius 3 is 2.57 bits per heavy atom. The molecule has 0 aliphatic carbocycles. The van der Waals surface area contributed by atoms with Gasteiger partial charge in [0.15, 0.2) is 0 Å². The standard InChI is InChI=1S/C14H12FN3O3/c1-8-5-6-16-7-11(8)18-14(21)17-10-4-2-3-9(15)12(10)13(19)20/h2-7H,1H3,(H,19,20)(H2,17,18,21). The maximum atomic E-state index is 13.5. The van der Waals surface area contributed by atoms with Gasteiger partial charge in [-0.05, 0) is 30.7 Å². The number of rotatable bonds is 3. The highest BCUT2D eigenvalue weighted by Crippen LogP contribution is 2.19. The highest BCUT2D eigenvalue weighted by Gasteiger charge is 2.17. The molecule has 0 spiro atoms. The first kappa shape index (κ1) is 14.4. The van der Waals surface area contributed by atoms with Gasteiger partial charge in [0.2, 0.25) is 0 Å². The van der Waals surface area contributed by atoms with E-state index in [1.807, 2.05) is 0 Å². The molecule has 1 heterocycles. The first-order chi connectivity index (χ1) is 9.99. The lowest BCUT2D eigenvalue weighted by Crippen LogP contribution is -2.22. The SMILES string of the molecule is Cc1ccncc1NC(=O)Nc1cccc(F)c1C(=O)O. The van der Waals surface area contributed by atoms with Crippen molar-refractivity contribution in [2.75, 3.05) is 10.6 Å². The first-order valence-corrected chi connectivity index (χ1v) is 5.99. The number of aryl methyl sites for hydroxylation is 1. The van der Waals surface area contributed by atoms with E-state index in [1.54, 1.807) is 19.2 Å². The number of nitrogens with zero attached hydrogens (tertiary/aromatic N) is 1. The molecule has 2 aromatic rings. The van der Waals surface area contributed by atoms with E-state index in [4.69, 9.17) is 5.11 Å². The van der Waals surface area contributed by atoms with Crippen LogP contribution in [-0.2, 0) is 0 Å². The van der Waals surface area contributed by atoms with Crippen molar-refractivity contribution in [3.63, 3.8) is 0 Å². The van der Waals surface area contributed by atoms with Gasteiger partial charge < -0.3 is 15.7 Å². The minimum Gasteiger partial charge on any atom is -0.478 e. The summed E-state index contributed by atoms with van der Waals surface area (Å²) in [6, 6.07) is 4.66. The monoisotopic (exact) mass is 289 g/mol. The number of hydrogen-bond acceptors (Lipinski definition) is 3. The molecule has 0 bridgehead atoms. The molecule has 2 rings (SSSR count). The Labute approximate surface area is 119 Å². The van der Waals surface area contributed by atoms with E-state index in [1.165, 1.54) is 18.3 Å². The van der Waals surface area contributed by atoms with Crippen molar-refractivity contribution < 1.29 is 19.1 Å². The number of carbonyl (C=O) groups excluding carboxylic acids is 1. The fraction of sp³-hybridized carbons (Fsp3) is 0.0714. The summed E-state index contributed by atoms with van der Waals surface area (Å²) in [6.45, 7) is 1.78. The number of aromatic nitrogens is 1. The number of carbonyl (C=O) groups is 2. The molecule has 0 radical (unpaired) electrons. The average Bonchev–Trinajstić information content (AvgIpc) is 2.41. The summed E-state index contributed by atoms with van der Waals surface area (Å²) in [5, 5.41) is 13.8. The maximum Gasteiger partial charge on any atom is 0.340 e. The van der Waals surface area contributed by atoms with Gasteiger partial charge in [-0.1, -0.05) is 6.07 Å². The van der Waals surface area contributed by atoms with Crippen molar-refractivity contribution in [2.24, 2.45) is 0 Å². The van der Waals surface area contributed by atoms with Crippen LogP contribution >= 0.6 is 0 Å². The molecule has 6 nitrogen and oxygen atoms in total. The van der Waals surface area contributed by atoms with Gasteiger partial charge in [0.05, 0.1) is 17.6 Å². The molecule has 108 valence electrons.